The number of aryl methyl sites for hydroxylation is 1. The zero-order valence-corrected chi connectivity index (χ0v) is 10.8. The van der Waals surface area contributed by atoms with Crippen molar-refractivity contribution in [2.24, 2.45) is 7.05 Å². The van der Waals surface area contributed by atoms with Crippen LogP contribution in [-0.4, -0.2) is 30.0 Å². The van der Waals surface area contributed by atoms with Crippen molar-refractivity contribution in [1.29, 1.82) is 0 Å². The van der Waals surface area contributed by atoms with Crippen molar-refractivity contribution in [3.8, 4) is 0 Å². The van der Waals surface area contributed by atoms with Gasteiger partial charge in [0.1, 0.15) is 0 Å². The molecule has 0 bridgehead atoms. The van der Waals surface area contributed by atoms with Crippen molar-refractivity contribution in [3.05, 3.63) is 17.5 Å². The maximum atomic E-state index is 5.01. The molecule has 4 nitrogen and oxygen atoms in total. The lowest BCUT2D eigenvalue weighted by Crippen LogP contribution is -2.20. The first-order valence-corrected chi connectivity index (χ1v) is 5.87. The quantitative estimate of drug-likeness (QED) is 0.719. The van der Waals surface area contributed by atoms with E-state index in [1.165, 1.54) is 11.3 Å². The van der Waals surface area contributed by atoms with Gasteiger partial charge in [-0.2, -0.15) is 5.10 Å². The molecule has 0 amide bonds. The molecule has 1 aromatic rings. The third-order valence-electron chi connectivity index (χ3n) is 2.97. The fourth-order valence-corrected chi connectivity index (χ4v) is 1.74. The molecule has 4 heteroatoms. The van der Waals surface area contributed by atoms with Crippen molar-refractivity contribution in [2.75, 3.05) is 20.3 Å². The van der Waals surface area contributed by atoms with Crippen LogP contribution < -0.4 is 5.32 Å². The van der Waals surface area contributed by atoms with E-state index in [2.05, 4.69) is 24.3 Å². The maximum Gasteiger partial charge on any atom is 0.0540 e. The molecule has 0 aromatic carbocycles. The zero-order chi connectivity index (χ0) is 12.0. The lowest BCUT2D eigenvalue weighted by atomic mass is 10.1. The van der Waals surface area contributed by atoms with Gasteiger partial charge in [0.2, 0.25) is 0 Å². The largest absolute Gasteiger partial charge is 0.385 e. The minimum absolute atomic E-state index is 0.372. The summed E-state index contributed by atoms with van der Waals surface area (Å²) in [6.45, 7) is 6.16. The first-order valence-electron chi connectivity index (χ1n) is 5.87. The number of hydrogen-bond acceptors (Lipinski definition) is 3. The van der Waals surface area contributed by atoms with Gasteiger partial charge in [-0.3, -0.25) is 4.68 Å². The van der Waals surface area contributed by atoms with Crippen molar-refractivity contribution >= 4 is 0 Å². The van der Waals surface area contributed by atoms with E-state index in [1.54, 1.807) is 7.11 Å². The second-order valence-corrected chi connectivity index (χ2v) is 4.18. The van der Waals surface area contributed by atoms with Crippen LogP contribution in [0, 0.1) is 6.92 Å². The number of methoxy groups -OCH3 is 1. The second-order valence-electron chi connectivity index (χ2n) is 4.18. The summed E-state index contributed by atoms with van der Waals surface area (Å²) in [4.78, 5) is 0. The molecule has 1 rings (SSSR count). The van der Waals surface area contributed by atoms with Crippen LogP contribution in [0.25, 0.3) is 0 Å². The molecular weight excluding hydrogens is 202 g/mol. The Morgan fingerprint density at radius 1 is 1.50 bits per heavy atom. The zero-order valence-electron chi connectivity index (χ0n) is 10.8. The van der Waals surface area contributed by atoms with Crippen LogP contribution in [0.1, 0.15) is 37.1 Å². The third kappa shape index (κ3) is 3.61. The molecule has 0 fully saturated rings. The van der Waals surface area contributed by atoms with E-state index in [0.717, 1.165) is 26.0 Å². The van der Waals surface area contributed by atoms with Crippen molar-refractivity contribution < 1.29 is 4.74 Å². The monoisotopic (exact) mass is 225 g/mol. The van der Waals surface area contributed by atoms with Crippen LogP contribution in [0.15, 0.2) is 6.20 Å². The normalized spacial score (nSPS) is 13.0. The number of nitrogens with one attached hydrogen (secondary N) is 1. The highest BCUT2D eigenvalue weighted by molar-refractivity contribution is 5.19. The van der Waals surface area contributed by atoms with Crippen LogP contribution in [0.2, 0.25) is 0 Å². The minimum atomic E-state index is 0.372. The highest BCUT2D eigenvalue weighted by Gasteiger charge is 2.10. The molecule has 0 aliphatic heterocycles. The van der Waals surface area contributed by atoms with E-state index in [0.29, 0.717) is 6.04 Å². The Labute approximate surface area is 98.0 Å². The summed E-state index contributed by atoms with van der Waals surface area (Å²) >= 11 is 0. The van der Waals surface area contributed by atoms with Crippen molar-refractivity contribution in [2.45, 2.75) is 32.7 Å². The van der Waals surface area contributed by atoms with E-state index in [4.69, 9.17) is 4.74 Å². The number of hydrogen-bond donors (Lipinski definition) is 1. The van der Waals surface area contributed by atoms with Crippen LogP contribution in [0.4, 0.5) is 0 Å². The van der Waals surface area contributed by atoms with Gasteiger partial charge in [0.15, 0.2) is 0 Å². The predicted octanol–water partition coefficient (Wildman–Crippen LogP) is 1.81. The van der Waals surface area contributed by atoms with Crippen LogP contribution in [-0.2, 0) is 11.8 Å². The lowest BCUT2D eigenvalue weighted by Gasteiger charge is -2.13. The van der Waals surface area contributed by atoms with Gasteiger partial charge in [-0.05, 0) is 33.2 Å². The number of rotatable bonds is 7. The van der Waals surface area contributed by atoms with Gasteiger partial charge < -0.3 is 10.1 Å². The maximum absolute atomic E-state index is 5.01. The Bertz CT molecular complexity index is 309. The van der Waals surface area contributed by atoms with Gasteiger partial charge in [0, 0.05) is 38.1 Å². The number of unbranched alkanes of at least 4 members (excludes halogenated alkanes) is 1. The number of aromatic nitrogens is 2. The minimum Gasteiger partial charge on any atom is -0.385 e. The van der Waals surface area contributed by atoms with E-state index in [-0.39, 0.29) is 0 Å². The molecule has 0 aliphatic rings. The molecule has 0 saturated carbocycles. The summed E-state index contributed by atoms with van der Waals surface area (Å²) in [6, 6.07) is 0.372. The fourth-order valence-electron chi connectivity index (χ4n) is 1.74. The molecule has 1 heterocycles. The SMILES string of the molecule is COCCCCNC(C)c1cnn(C)c1C. The molecule has 0 spiro atoms. The average molecular weight is 225 g/mol. The van der Waals surface area contributed by atoms with Gasteiger partial charge in [-0.15, -0.1) is 0 Å². The molecule has 1 aromatic heterocycles. The van der Waals surface area contributed by atoms with E-state index < -0.39 is 0 Å². The molecule has 0 saturated heterocycles. The van der Waals surface area contributed by atoms with E-state index >= 15 is 0 Å². The first-order chi connectivity index (χ1) is 7.66. The van der Waals surface area contributed by atoms with Gasteiger partial charge >= 0.3 is 0 Å². The smallest absolute Gasteiger partial charge is 0.0540 e. The summed E-state index contributed by atoms with van der Waals surface area (Å²) in [5.41, 5.74) is 2.52. The summed E-state index contributed by atoms with van der Waals surface area (Å²) in [7, 11) is 3.72. The molecular formula is C12H23N3O. The molecule has 1 unspecified atom stereocenters. The Balaban J connectivity index is 2.30. The number of nitrogens with zero attached hydrogens (tertiary/aromatic N) is 2. The number of ether oxygens (including phenoxy) is 1. The van der Waals surface area contributed by atoms with Crippen molar-refractivity contribution in [1.82, 2.24) is 15.1 Å². The van der Waals surface area contributed by atoms with Gasteiger partial charge in [0.25, 0.3) is 0 Å². The Morgan fingerprint density at radius 3 is 2.81 bits per heavy atom. The Kier molecular flexibility index (Phi) is 5.49. The molecule has 0 aliphatic carbocycles. The summed E-state index contributed by atoms with van der Waals surface area (Å²) in [5.74, 6) is 0. The van der Waals surface area contributed by atoms with Crippen molar-refractivity contribution in [3.63, 3.8) is 0 Å². The van der Waals surface area contributed by atoms with Gasteiger partial charge in [0.05, 0.1) is 6.20 Å². The van der Waals surface area contributed by atoms with Gasteiger partial charge in [-0.1, -0.05) is 0 Å². The average Bonchev–Trinajstić information content (AvgIpc) is 2.59. The molecule has 1 N–H and O–H groups in total. The summed E-state index contributed by atoms with van der Waals surface area (Å²) in [6.07, 6.45) is 4.21. The highest BCUT2D eigenvalue weighted by atomic mass is 16.5. The van der Waals surface area contributed by atoms with E-state index in [1.807, 2.05) is 17.9 Å². The third-order valence-corrected chi connectivity index (χ3v) is 2.97. The lowest BCUT2D eigenvalue weighted by molar-refractivity contribution is 0.192. The topological polar surface area (TPSA) is 39.1 Å². The van der Waals surface area contributed by atoms with Crippen LogP contribution >= 0.6 is 0 Å². The Morgan fingerprint density at radius 2 is 2.25 bits per heavy atom. The van der Waals surface area contributed by atoms with Crippen LogP contribution in [0.5, 0.6) is 0 Å². The van der Waals surface area contributed by atoms with Gasteiger partial charge in [-0.25, -0.2) is 0 Å². The summed E-state index contributed by atoms with van der Waals surface area (Å²) < 4.78 is 6.93. The second kappa shape index (κ2) is 6.66. The Hall–Kier alpha value is -0.870. The predicted molar refractivity (Wildman–Crippen MR) is 65.5 cm³/mol. The molecule has 1 atom stereocenters. The highest BCUT2D eigenvalue weighted by Crippen LogP contribution is 2.15. The fraction of sp³-hybridized carbons (Fsp3) is 0.750. The van der Waals surface area contributed by atoms with E-state index in [9.17, 15) is 0 Å². The summed E-state index contributed by atoms with van der Waals surface area (Å²) in [5, 5.41) is 7.75. The molecule has 92 valence electrons. The molecule has 0 radical (unpaired) electrons. The van der Waals surface area contributed by atoms with Crippen LogP contribution in [0.3, 0.4) is 0 Å². The molecule has 16 heavy (non-hydrogen) atoms. The first kappa shape index (κ1) is 13.2. The standard InChI is InChI=1S/C12H23N3O/c1-10(13-7-5-6-8-16-4)12-9-14-15(3)11(12)2/h9-10,13H,5-8H2,1-4H3.